The highest BCUT2D eigenvalue weighted by molar-refractivity contribution is 5.93. The lowest BCUT2D eigenvalue weighted by atomic mass is 10.1. The number of carbonyl (C=O) groups is 1. The number of hydrogen-bond acceptors (Lipinski definition) is 7. The van der Waals surface area contributed by atoms with E-state index in [1.807, 2.05) is 6.07 Å². The smallest absolute Gasteiger partial charge is 0.338 e. The molecular formula is C21H24N6O3. The molecule has 0 spiro atoms. The highest BCUT2D eigenvalue weighted by atomic mass is 16.5. The highest BCUT2D eigenvalue weighted by Gasteiger charge is 2.20. The van der Waals surface area contributed by atoms with Crippen molar-refractivity contribution in [2.75, 3.05) is 49.2 Å². The lowest BCUT2D eigenvalue weighted by Crippen LogP contribution is -2.37. The fourth-order valence-electron chi connectivity index (χ4n) is 4.10. The maximum Gasteiger partial charge on any atom is 0.338 e. The zero-order valence-electron chi connectivity index (χ0n) is 16.7. The number of carboxylic acid groups (broad SMARTS) is 1. The van der Waals surface area contributed by atoms with E-state index >= 15 is 0 Å². The van der Waals surface area contributed by atoms with Crippen LogP contribution in [-0.2, 0) is 4.74 Å². The second-order valence-corrected chi connectivity index (χ2v) is 7.67. The Bertz CT molecular complexity index is 1070. The SMILES string of the molecule is O=C(O)c1cnn(-c2nc(N3CCOCC3)c3cc(N4CCCCC4)ccc3n2)c1. The van der Waals surface area contributed by atoms with Crippen LogP contribution in [0.5, 0.6) is 0 Å². The van der Waals surface area contributed by atoms with Gasteiger partial charge in [-0.15, -0.1) is 0 Å². The predicted molar refractivity (Wildman–Crippen MR) is 113 cm³/mol. The van der Waals surface area contributed by atoms with E-state index in [0.29, 0.717) is 19.2 Å². The molecule has 156 valence electrons. The Morgan fingerprint density at radius 3 is 2.53 bits per heavy atom. The van der Waals surface area contributed by atoms with E-state index in [-0.39, 0.29) is 5.56 Å². The van der Waals surface area contributed by atoms with Crippen LogP contribution in [0.1, 0.15) is 29.6 Å². The Morgan fingerprint density at radius 1 is 1.00 bits per heavy atom. The van der Waals surface area contributed by atoms with E-state index in [1.54, 1.807) is 0 Å². The summed E-state index contributed by atoms with van der Waals surface area (Å²) in [7, 11) is 0. The molecule has 0 amide bonds. The first kappa shape index (κ1) is 18.8. The number of hydrogen-bond donors (Lipinski definition) is 1. The van der Waals surface area contributed by atoms with Crippen molar-refractivity contribution < 1.29 is 14.6 Å². The summed E-state index contributed by atoms with van der Waals surface area (Å²) in [4.78, 5) is 25.4. The molecule has 2 aromatic heterocycles. The number of aromatic nitrogens is 4. The third-order valence-corrected chi connectivity index (χ3v) is 5.71. The van der Waals surface area contributed by atoms with Gasteiger partial charge in [-0.3, -0.25) is 0 Å². The fourth-order valence-corrected chi connectivity index (χ4v) is 4.10. The number of piperidine rings is 1. The van der Waals surface area contributed by atoms with E-state index < -0.39 is 5.97 Å². The van der Waals surface area contributed by atoms with Gasteiger partial charge in [-0.25, -0.2) is 14.5 Å². The van der Waals surface area contributed by atoms with Crippen molar-refractivity contribution in [2.24, 2.45) is 0 Å². The van der Waals surface area contributed by atoms with Gasteiger partial charge in [0.15, 0.2) is 0 Å². The zero-order valence-corrected chi connectivity index (χ0v) is 16.7. The third-order valence-electron chi connectivity index (χ3n) is 5.71. The molecule has 0 saturated carbocycles. The minimum atomic E-state index is -1.03. The summed E-state index contributed by atoms with van der Waals surface area (Å²) >= 11 is 0. The van der Waals surface area contributed by atoms with Crippen LogP contribution < -0.4 is 9.80 Å². The van der Waals surface area contributed by atoms with Crippen LogP contribution in [0.25, 0.3) is 16.9 Å². The van der Waals surface area contributed by atoms with Crippen LogP contribution >= 0.6 is 0 Å². The molecule has 0 radical (unpaired) electrons. The first-order valence-corrected chi connectivity index (χ1v) is 10.4. The summed E-state index contributed by atoms with van der Waals surface area (Å²) in [6.07, 6.45) is 6.47. The minimum Gasteiger partial charge on any atom is -0.478 e. The number of anilines is 2. The number of nitrogens with zero attached hydrogens (tertiary/aromatic N) is 6. The van der Waals surface area contributed by atoms with E-state index in [9.17, 15) is 9.90 Å². The van der Waals surface area contributed by atoms with E-state index in [0.717, 1.165) is 42.9 Å². The maximum atomic E-state index is 11.2. The van der Waals surface area contributed by atoms with Crippen molar-refractivity contribution >= 4 is 28.4 Å². The molecule has 5 rings (SSSR count). The van der Waals surface area contributed by atoms with Gasteiger partial charge in [0.05, 0.1) is 30.5 Å². The summed E-state index contributed by atoms with van der Waals surface area (Å²) in [5, 5.41) is 14.4. The molecule has 0 bridgehead atoms. The molecule has 4 heterocycles. The number of aromatic carboxylic acids is 1. The van der Waals surface area contributed by atoms with Crippen molar-refractivity contribution in [3.05, 3.63) is 36.2 Å². The van der Waals surface area contributed by atoms with Crippen molar-refractivity contribution in [3.63, 3.8) is 0 Å². The van der Waals surface area contributed by atoms with Crippen molar-refractivity contribution in [1.29, 1.82) is 0 Å². The molecule has 9 nitrogen and oxygen atoms in total. The number of carboxylic acids is 1. The summed E-state index contributed by atoms with van der Waals surface area (Å²) < 4.78 is 6.94. The lowest BCUT2D eigenvalue weighted by molar-refractivity contribution is 0.0697. The van der Waals surface area contributed by atoms with Gasteiger partial charge in [-0.05, 0) is 37.5 Å². The number of rotatable bonds is 4. The van der Waals surface area contributed by atoms with Gasteiger partial charge in [0.25, 0.3) is 5.95 Å². The number of fused-ring (bicyclic) bond motifs is 1. The number of benzene rings is 1. The predicted octanol–water partition coefficient (Wildman–Crippen LogP) is 2.34. The second-order valence-electron chi connectivity index (χ2n) is 7.67. The first-order valence-electron chi connectivity index (χ1n) is 10.4. The third kappa shape index (κ3) is 3.56. The average molecular weight is 408 g/mol. The molecule has 2 saturated heterocycles. The highest BCUT2D eigenvalue weighted by Crippen LogP contribution is 2.30. The van der Waals surface area contributed by atoms with Crippen molar-refractivity contribution in [1.82, 2.24) is 19.7 Å². The van der Waals surface area contributed by atoms with Gasteiger partial charge in [-0.1, -0.05) is 0 Å². The summed E-state index contributed by atoms with van der Waals surface area (Å²) in [6, 6.07) is 6.32. The number of morpholine rings is 1. The van der Waals surface area contributed by atoms with Gasteiger partial charge >= 0.3 is 5.97 Å². The topological polar surface area (TPSA) is 96.6 Å². The molecule has 9 heteroatoms. The Labute approximate surface area is 173 Å². The molecule has 2 fully saturated rings. The first-order chi connectivity index (χ1) is 14.7. The molecule has 0 unspecified atom stereocenters. The second kappa shape index (κ2) is 7.91. The van der Waals surface area contributed by atoms with Gasteiger partial charge in [0, 0.05) is 43.4 Å². The molecule has 3 aromatic rings. The van der Waals surface area contributed by atoms with Gasteiger partial charge in [-0.2, -0.15) is 10.1 Å². The molecule has 1 aromatic carbocycles. The molecule has 2 aliphatic heterocycles. The zero-order chi connectivity index (χ0) is 20.5. The summed E-state index contributed by atoms with van der Waals surface area (Å²) in [6.45, 7) is 4.94. The van der Waals surface area contributed by atoms with E-state index in [1.165, 1.54) is 42.0 Å². The lowest BCUT2D eigenvalue weighted by Gasteiger charge is -2.31. The van der Waals surface area contributed by atoms with Crippen LogP contribution in [0.2, 0.25) is 0 Å². The van der Waals surface area contributed by atoms with E-state index in [4.69, 9.17) is 9.72 Å². The Kier molecular flexibility index (Phi) is 4.96. The Morgan fingerprint density at radius 2 is 1.80 bits per heavy atom. The molecule has 30 heavy (non-hydrogen) atoms. The van der Waals surface area contributed by atoms with Crippen LogP contribution in [-0.4, -0.2) is 70.2 Å². The monoisotopic (exact) mass is 408 g/mol. The minimum absolute atomic E-state index is 0.104. The van der Waals surface area contributed by atoms with Gasteiger partial charge < -0.3 is 19.6 Å². The standard InChI is InChI=1S/C21H24N6O3/c28-20(29)15-13-22-27(14-15)21-23-18-5-4-16(25-6-2-1-3-7-25)12-17(18)19(24-21)26-8-10-30-11-9-26/h4-5,12-14H,1-3,6-11H2,(H,28,29). The molecular weight excluding hydrogens is 384 g/mol. The Hall–Kier alpha value is -3.20. The van der Waals surface area contributed by atoms with Crippen molar-refractivity contribution in [2.45, 2.75) is 19.3 Å². The van der Waals surface area contributed by atoms with Gasteiger partial charge in [0.2, 0.25) is 0 Å². The van der Waals surface area contributed by atoms with Crippen LogP contribution in [0.3, 0.4) is 0 Å². The average Bonchev–Trinajstić information content (AvgIpc) is 3.30. The molecule has 2 aliphatic rings. The van der Waals surface area contributed by atoms with Crippen LogP contribution in [0, 0.1) is 0 Å². The normalized spacial score (nSPS) is 17.5. The largest absolute Gasteiger partial charge is 0.478 e. The molecule has 0 aliphatic carbocycles. The number of ether oxygens (including phenoxy) is 1. The van der Waals surface area contributed by atoms with Crippen LogP contribution in [0.15, 0.2) is 30.6 Å². The summed E-state index contributed by atoms with van der Waals surface area (Å²) in [5.41, 5.74) is 2.11. The Balaban J connectivity index is 1.61. The molecule has 0 atom stereocenters. The maximum absolute atomic E-state index is 11.2. The van der Waals surface area contributed by atoms with E-state index in [2.05, 4.69) is 32.0 Å². The molecule has 1 N–H and O–H groups in total. The summed E-state index contributed by atoms with van der Waals surface area (Å²) in [5.74, 6) is 0.174. The van der Waals surface area contributed by atoms with Crippen LogP contribution in [0.4, 0.5) is 11.5 Å². The van der Waals surface area contributed by atoms with Crippen molar-refractivity contribution in [3.8, 4) is 5.95 Å². The quantitative estimate of drug-likeness (QED) is 0.703. The van der Waals surface area contributed by atoms with Gasteiger partial charge in [0.1, 0.15) is 5.82 Å². The fraction of sp³-hybridized carbons (Fsp3) is 0.429.